The van der Waals surface area contributed by atoms with E-state index in [4.69, 9.17) is 23.2 Å². The van der Waals surface area contributed by atoms with Crippen molar-refractivity contribution in [2.45, 2.75) is 12.8 Å². The molecule has 1 unspecified atom stereocenters. The van der Waals surface area contributed by atoms with Gasteiger partial charge in [-0.2, -0.15) is 0 Å². The van der Waals surface area contributed by atoms with Crippen LogP contribution in [0.1, 0.15) is 24.0 Å². The lowest BCUT2D eigenvalue weighted by Gasteiger charge is -2.07. The molecule has 0 amide bonds. The highest BCUT2D eigenvalue weighted by Crippen LogP contribution is 2.21. The zero-order valence-corrected chi connectivity index (χ0v) is 11.6. The van der Waals surface area contributed by atoms with Crippen LogP contribution >= 0.6 is 23.2 Å². The summed E-state index contributed by atoms with van der Waals surface area (Å²) in [5.74, 6) is 0.322. The Hall–Kier alpha value is -1.24. The van der Waals surface area contributed by atoms with E-state index in [1.54, 1.807) is 0 Å². The molecule has 2 rings (SSSR count). The molecule has 0 aliphatic rings. The summed E-state index contributed by atoms with van der Waals surface area (Å²) < 4.78 is 0. The Bertz CT molecular complexity index is 559. The van der Waals surface area contributed by atoms with Gasteiger partial charge < -0.3 is 0 Å². The quantitative estimate of drug-likeness (QED) is 0.664. The van der Waals surface area contributed by atoms with Crippen LogP contribution < -0.4 is 0 Å². The first-order chi connectivity index (χ1) is 8.65. The van der Waals surface area contributed by atoms with E-state index >= 15 is 0 Å². The molecule has 0 N–H and O–H groups in total. The number of hydrogen-bond acceptors (Lipinski definition) is 0. The smallest absolute Gasteiger partial charge is 0.0411 e. The van der Waals surface area contributed by atoms with Gasteiger partial charge in [-0.05, 0) is 41.3 Å². The van der Waals surface area contributed by atoms with E-state index < -0.39 is 0 Å². The molecular weight excluding hydrogens is 263 g/mol. The van der Waals surface area contributed by atoms with Crippen molar-refractivity contribution in [3.63, 3.8) is 0 Å². The lowest BCUT2D eigenvalue weighted by atomic mass is 10.00. The molecule has 0 radical (unpaired) electrons. The number of halogens is 2. The third-order valence-electron chi connectivity index (χ3n) is 2.80. The third kappa shape index (κ3) is 3.63. The van der Waals surface area contributed by atoms with Crippen molar-refractivity contribution in [1.82, 2.24) is 0 Å². The van der Waals surface area contributed by atoms with Gasteiger partial charge in [0, 0.05) is 10.0 Å². The maximum Gasteiger partial charge on any atom is 0.0411 e. The number of benzene rings is 2. The summed E-state index contributed by atoms with van der Waals surface area (Å²) in [4.78, 5) is 0. The number of hydrogen-bond donors (Lipinski definition) is 0. The topological polar surface area (TPSA) is 0 Å². The SMILES string of the molecule is CC(C=Cc1cccc(Cl)c1)c1cccc(Cl)c1. The molecule has 2 aromatic carbocycles. The van der Waals surface area contributed by atoms with E-state index in [1.807, 2.05) is 42.5 Å². The Morgan fingerprint density at radius 3 is 2.28 bits per heavy atom. The van der Waals surface area contributed by atoms with E-state index in [1.165, 1.54) is 5.56 Å². The van der Waals surface area contributed by atoms with Crippen molar-refractivity contribution in [3.8, 4) is 0 Å². The molecule has 18 heavy (non-hydrogen) atoms. The van der Waals surface area contributed by atoms with Crippen LogP contribution in [0.25, 0.3) is 6.08 Å². The van der Waals surface area contributed by atoms with E-state index in [0.29, 0.717) is 5.92 Å². The lowest BCUT2D eigenvalue weighted by molar-refractivity contribution is 0.973. The molecule has 0 aromatic heterocycles. The molecular formula is C16H14Cl2. The van der Waals surface area contributed by atoms with E-state index in [2.05, 4.69) is 25.1 Å². The van der Waals surface area contributed by atoms with Gasteiger partial charge in [0.05, 0.1) is 0 Å². The zero-order valence-electron chi connectivity index (χ0n) is 10.1. The molecule has 2 aromatic rings. The summed E-state index contributed by atoms with van der Waals surface area (Å²) in [7, 11) is 0. The Morgan fingerprint density at radius 2 is 1.61 bits per heavy atom. The van der Waals surface area contributed by atoms with Gasteiger partial charge in [-0.3, -0.25) is 0 Å². The second kappa shape index (κ2) is 6.08. The van der Waals surface area contributed by atoms with Gasteiger partial charge in [0.25, 0.3) is 0 Å². The molecule has 0 fully saturated rings. The monoisotopic (exact) mass is 276 g/mol. The fourth-order valence-electron chi connectivity index (χ4n) is 1.77. The Balaban J connectivity index is 2.14. The first kappa shape index (κ1) is 13.2. The van der Waals surface area contributed by atoms with Crippen LogP contribution in [0.3, 0.4) is 0 Å². The molecule has 1 atom stereocenters. The number of rotatable bonds is 3. The minimum atomic E-state index is 0.322. The predicted molar refractivity (Wildman–Crippen MR) is 80.4 cm³/mol. The summed E-state index contributed by atoms with van der Waals surface area (Å²) in [6.45, 7) is 2.15. The van der Waals surface area contributed by atoms with Gasteiger partial charge in [0.15, 0.2) is 0 Å². The summed E-state index contributed by atoms with van der Waals surface area (Å²) in [5.41, 5.74) is 2.32. The van der Waals surface area contributed by atoms with Crippen molar-refractivity contribution in [3.05, 3.63) is 75.8 Å². The summed E-state index contributed by atoms with van der Waals surface area (Å²) >= 11 is 11.9. The van der Waals surface area contributed by atoms with Crippen molar-refractivity contribution >= 4 is 29.3 Å². The van der Waals surface area contributed by atoms with Gasteiger partial charge in [-0.15, -0.1) is 0 Å². The molecule has 0 heterocycles. The molecule has 0 saturated heterocycles. The van der Waals surface area contributed by atoms with Crippen molar-refractivity contribution in [1.29, 1.82) is 0 Å². The van der Waals surface area contributed by atoms with Crippen LogP contribution in [0, 0.1) is 0 Å². The fraction of sp³-hybridized carbons (Fsp3) is 0.125. The van der Waals surface area contributed by atoms with Gasteiger partial charge in [0.2, 0.25) is 0 Å². The van der Waals surface area contributed by atoms with Crippen molar-refractivity contribution in [2.24, 2.45) is 0 Å². The predicted octanol–water partition coefficient (Wildman–Crippen LogP) is 5.81. The lowest BCUT2D eigenvalue weighted by Crippen LogP contribution is -1.88. The van der Waals surface area contributed by atoms with Crippen LogP contribution in [0.15, 0.2) is 54.6 Å². The maximum absolute atomic E-state index is 5.99. The largest absolute Gasteiger partial charge is 0.0843 e. The van der Waals surface area contributed by atoms with Crippen molar-refractivity contribution in [2.75, 3.05) is 0 Å². The third-order valence-corrected chi connectivity index (χ3v) is 3.27. The summed E-state index contributed by atoms with van der Waals surface area (Å²) in [5, 5.41) is 1.53. The van der Waals surface area contributed by atoms with Gasteiger partial charge >= 0.3 is 0 Å². The second-order valence-corrected chi connectivity index (χ2v) is 5.13. The summed E-state index contributed by atoms with van der Waals surface area (Å²) in [6, 6.07) is 15.7. The Kier molecular flexibility index (Phi) is 4.46. The van der Waals surface area contributed by atoms with Crippen LogP contribution in [0.5, 0.6) is 0 Å². The average Bonchev–Trinajstić information content (AvgIpc) is 2.36. The maximum atomic E-state index is 5.99. The molecule has 92 valence electrons. The fourth-order valence-corrected chi connectivity index (χ4v) is 2.16. The minimum absolute atomic E-state index is 0.322. The first-order valence-electron chi connectivity index (χ1n) is 5.84. The molecule has 0 aliphatic carbocycles. The molecule has 0 bridgehead atoms. The molecule has 2 heteroatoms. The molecule has 0 nitrogen and oxygen atoms in total. The Labute approximate surface area is 118 Å². The van der Waals surface area contributed by atoms with Gasteiger partial charge in [0.1, 0.15) is 0 Å². The standard InChI is InChI=1S/C16H14Cl2/c1-12(14-5-3-7-16(18)11-14)8-9-13-4-2-6-15(17)10-13/h2-12H,1H3. The van der Waals surface area contributed by atoms with Crippen LogP contribution in [-0.2, 0) is 0 Å². The highest BCUT2D eigenvalue weighted by Gasteiger charge is 2.01. The minimum Gasteiger partial charge on any atom is -0.0843 e. The Morgan fingerprint density at radius 1 is 0.944 bits per heavy atom. The second-order valence-electron chi connectivity index (χ2n) is 4.26. The van der Waals surface area contributed by atoms with Gasteiger partial charge in [-0.25, -0.2) is 0 Å². The van der Waals surface area contributed by atoms with Crippen LogP contribution in [0.2, 0.25) is 10.0 Å². The van der Waals surface area contributed by atoms with Crippen LogP contribution in [0.4, 0.5) is 0 Å². The summed E-state index contributed by atoms with van der Waals surface area (Å²) in [6.07, 6.45) is 4.23. The van der Waals surface area contributed by atoms with Crippen LogP contribution in [-0.4, -0.2) is 0 Å². The normalized spacial score (nSPS) is 12.8. The number of allylic oxidation sites excluding steroid dienone is 1. The van der Waals surface area contributed by atoms with E-state index in [0.717, 1.165) is 15.6 Å². The average molecular weight is 277 g/mol. The zero-order chi connectivity index (χ0) is 13.0. The van der Waals surface area contributed by atoms with Gasteiger partial charge in [-0.1, -0.05) is 66.5 Å². The first-order valence-corrected chi connectivity index (χ1v) is 6.60. The molecule has 0 spiro atoms. The molecule has 0 saturated carbocycles. The highest BCUT2D eigenvalue weighted by atomic mass is 35.5. The van der Waals surface area contributed by atoms with E-state index in [9.17, 15) is 0 Å². The molecule has 0 aliphatic heterocycles. The highest BCUT2D eigenvalue weighted by molar-refractivity contribution is 6.31. The van der Waals surface area contributed by atoms with E-state index in [-0.39, 0.29) is 0 Å². The van der Waals surface area contributed by atoms with Crippen molar-refractivity contribution < 1.29 is 0 Å².